The molecule has 2 aromatic heterocycles. The number of hydrogen-bond acceptors (Lipinski definition) is 6. The van der Waals surface area contributed by atoms with Crippen LogP contribution in [0.3, 0.4) is 0 Å². The summed E-state index contributed by atoms with van der Waals surface area (Å²) in [5.74, 6) is -1.77. The largest absolute Gasteiger partial charge is 0.478 e. The lowest BCUT2D eigenvalue weighted by atomic mass is 10.2. The first kappa shape index (κ1) is 17.9. The number of carbonyl (C=O) groups is 2. The van der Waals surface area contributed by atoms with Crippen molar-refractivity contribution in [3.63, 3.8) is 0 Å². The van der Waals surface area contributed by atoms with Gasteiger partial charge in [0.15, 0.2) is 5.65 Å². The van der Waals surface area contributed by atoms with Crippen LogP contribution in [0.2, 0.25) is 0 Å². The van der Waals surface area contributed by atoms with E-state index in [0.29, 0.717) is 27.8 Å². The molecule has 140 valence electrons. The minimum absolute atomic E-state index is 0.0132. The Bertz CT molecular complexity index is 1230. The van der Waals surface area contributed by atoms with Gasteiger partial charge in [-0.1, -0.05) is 17.8 Å². The highest BCUT2D eigenvalue weighted by molar-refractivity contribution is 7.99. The number of carboxylic acids is 1. The fourth-order valence-corrected chi connectivity index (χ4v) is 3.23. The predicted octanol–water partition coefficient (Wildman–Crippen LogP) is 3.07. The first-order chi connectivity index (χ1) is 13.5. The van der Waals surface area contributed by atoms with Crippen molar-refractivity contribution in [1.29, 1.82) is 0 Å². The van der Waals surface area contributed by atoms with Crippen molar-refractivity contribution >= 4 is 51.4 Å². The van der Waals surface area contributed by atoms with Crippen LogP contribution in [-0.4, -0.2) is 42.9 Å². The number of nitrogens with zero attached hydrogens (tertiary/aromatic N) is 3. The van der Waals surface area contributed by atoms with Gasteiger partial charge in [0.25, 0.3) is 0 Å². The number of aromatic carboxylic acids is 1. The number of anilines is 1. The van der Waals surface area contributed by atoms with E-state index < -0.39 is 5.97 Å². The maximum absolute atomic E-state index is 13.4. The van der Waals surface area contributed by atoms with E-state index in [1.807, 2.05) is 0 Å². The summed E-state index contributed by atoms with van der Waals surface area (Å²) in [5, 5.41) is 20.5. The van der Waals surface area contributed by atoms with E-state index in [4.69, 9.17) is 5.11 Å². The topological polar surface area (TPSA) is 121 Å². The van der Waals surface area contributed by atoms with Gasteiger partial charge in [-0.05, 0) is 36.4 Å². The fourth-order valence-electron chi connectivity index (χ4n) is 2.65. The van der Waals surface area contributed by atoms with E-state index in [0.717, 1.165) is 11.8 Å². The normalized spacial score (nSPS) is 11.0. The van der Waals surface area contributed by atoms with Crippen LogP contribution in [0.1, 0.15) is 10.4 Å². The summed E-state index contributed by atoms with van der Waals surface area (Å²) in [6.07, 6.45) is 0. The molecule has 0 radical (unpaired) electrons. The summed E-state index contributed by atoms with van der Waals surface area (Å²) in [6.45, 7) is 0. The Morgan fingerprint density at radius 3 is 2.86 bits per heavy atom. The monoisotopic (exact) mass is 397 g/mol. The van der Waals surface area contributed by atoms with Crippen LogP contribution in [0.25, 0.3) is 22.1 Å². The number of carboxylic acid groups (broad SMARTS) is 1. The maximum Gasteiger partial charge on any atom is 0.335 e. The molecule has 0 saturated heterocycles. The van der Waals surface area contributed by atoms with Gasteiger partial charge in [0.1, 0.15) is 11.3 Å². The van der Waals surface area contributed by atoms with Crippen LogP contribution < -0.4 is 5.32 Å². The van der Waals surface area contributed by atoms with Gasteiger partial charge < -0.3 is 15.4 Å². The van der Waals surface area contributed by atoms with Crippen LogP contribution in [0, 0.1) is 5.82 Å². The Labute approximate surface area is 161 Å². The molecule has 0 aliphatic rings. The molecular formula is C18H12FN5O3S. The molecule has 2 heterocycles. The zero-order valence-corrected chi connectivity index (χ0v) is 15.0. The molecule has 8 nitrogen and oxygen atoms in total. The van der Waals surface area contributed by atoms with Crippen molar-refractivity contribution in [3.8, 4) is 0 Å². The number of carbonyl (C=O) groups excluding carboxylic acids is 1. The molecule has 0 bridgehead atoms. The highest BCUT2D eigenvalue weighted by Gasteiger charge is 2.12. The molecule has 28 heavy (non-hydrogen) atoms. The van der Waals surface area contributed by atoms with Gasteiger partial charge in [-0.15, -0.1) is 10.2 Å². The number of amides is 1. The van der Waals surface area contributed by atoms with Crippen molar-refractivity contribution in [1.82, 2.24) is 20.2 Å². The smallest absolute Gasteiger partial charge is 0.335 e. The predicted molar refractivity (Wildman–Crippen MR) is 102 cm³/mol. The number of aromatic nitrogens is 4. The Balaban J connectivity index is 1.46. The van der Waals surface area contributed by atoms with Gasteiger partial charge in [0.2, 0.25) is 11.1 Å². The molecule has 4 aromatic rings. The van der Waals surface area contributed by atoms with Gasteiger partial charge in [0.05, 0.1) is 11.3 Å². The van der Waals surface area contributed by atoms with Crippen molar-refractivity contribution in [2.24, 2.45) is 0 Å². The van der Waals surface area contributed by atoms with Crippen molar-refractivity contribution in [2.75, 3.05) is 11.1 Å². The number of hydrogen-bond donors (Lipinski definition) is 3. The summed E-state index contributed by atoms with van der Waals surface area (Å²) in [6, 6.07) is 10.3. The average molecular weight is 397 g/mol. The molecule has 10 heteroatoms. The number of H-pyrrole nitrogens is 1. The molecule has 0 aliphatic heterocycles. The lowest BCUT2D eigenvalue weighted by Crippen LogP contribution is -2.14. The summed E-state index contributed by atoms with van der Waals surface area (Å²) in [4.78, 5) is 30.4. The molecule has 0 atom stereocenters. The van der Waals surface area contributed by atoms with Gasteiger partial charge in [-0.3, -0.25) is 4.79 Å². The van der Waals surface area contributed by atoms with Crippen LogP contribution >= 0.6 is 11.8 Å². The molecule has 0 fully saturated rings. The van der Waals surface area contributed by atoms with E-state index in [-0.39, 0.29) is 28.2 Å². The zero-order chi connectivity index (χ0) is 19.7. The van der Waals surface area contributed by atoms with E-state index in [2.05, 4.69) is 25.5 Å². The SMILES string of the molecule is O=C(CSc1nnc2c(n1)[nH]c1ccc(F)cc12)Nc1cccc(C(=O)O)c1. The summed E-state index contributed by atoms with van der Waals surface area (Å²) >= 11 is 1.08. The average Bonchev–Trinajstić information content (AvgIpc) is 3.03. The molecule has 2 aromatic carbocycles. The van der Waals surface area contributed by atoms with Crippen LogP contribution in [0.5, 0.6) is 0 Å². The molecular weight excluding hydrogens is 385 g/mol. The summed E-state index contributed by atoms with van der Waals surface area (Å²) in [7, 11) is 0. The van der Waals surface area contributed by atoms with Gasteiger partial charge in [-0.25, -0.2) is 14.2 Å². The van der Waals surface area contributed by atoms with E-state index in [9.17, 15) is 14.0 Å². The van der Waals surface area contributed by atoms with Crippen LogP contribution in [0.4, 0.5) is 10.1 Å². The molecule has 0 saturated carbocycles. The van der Waals surface area contributed by atoms with Crippen LogP contribution in [0.15, 0.2) is 47.6 Å². The second kappa shape index (κ2) is 7.24. The first-order valence-corrected chi connectivity index (χ1v) is 9.06. The molecule has 0 aliphatic carbocycles. The Hall–Kier alpha value is -3.53. The van der Waals surface area contributed by atoms with Crippen LogP contribution in [-0.2, 0) is 4.79 Å². The molecule has 3 N–H and O–H groups in total. The Kier molecular flexibility index (Phi) is 4.62. The summed E-state index contributed by atoms with van der Waals surface area (Å²) < 4.78 is 13.4. The second-order valence-electron chi connectivity index (χ2n) is 5.83. The molecule has 0 unspecified atom stereocenters. The molecule has 1 amide bonds. The number of halogens is 1. The van der Waals surface area contributed by atoms with Crippen molar-refractivity contribution in [3.05, 3.63) is 53.8 Å². The van der Waals surface area contributed by atoms with E-state index >= 15 is 0 Å². The van der Waals surface area contributed by atoms with Crippen molar-refractivity contribution in [2.45, 2.75) is 5.16 Å². The number of nitrogens with one attached hydrogen (secondary N) is 2. The minimum Gasteiger partial charge on any atom is -0.478 e. The maximum atomic E-state index is 13.4. The Morgan fingerprint density at radius 2 is 2.04 bits per heavy atom. The Morgan fingerprint density at radius 1 is 1.18 bits per heavy atom. The fraction of sp³-hybridized carbons (Fsp3) is 0.0556. The highest BCUT2D eigenvalue weighted by atomic mass is 32.2. The standard InChI is InChI=1S/C18H12FN5O3S/c19-10-4-5-13-12(7-10)15-16(21-13)22-18(24-23-15)28-8-14(25)20-11-3-1-2-9(6-11)17(26)27/h1-7H,8H2,(H,20,25)(H,26,27)(H,21,22,24). The number of rotatable bonds is 5. The lowest BCUT2D eigenvalue weighted by Gasteiger charge is -2.05. The number of thioether (sulfide) groups is 1. The summed E-state index contributed by atoms with van der Waals surface area (Å²) in [5.41, 5.74) is 2.06. The van der Waals surface area contributed by atoms with Crippen molar-refractivity contribution < 1.29 is 19.1 Å². The second-order valence-corrected chi connectivity index (χ2v) is 6.77. The number of fused-ring (bicyclic) bond motifs is 3. The van der Waals surface area contributed by atoms with E-state index in [1.165, 1.54) is 24.3 Å². The highest BCUT2D eigenvalue weighted by Crippen LogP contribution is 2.24. The number of benzene rings is 2. The first-order valence-electron chi connectivity index (χ1n) is 8.07. The quantitative estimate of drug-likeness (QED) is 0.443. The lowest BCUT2D eigenvalue weighted by molar-refractivity contribution is -0.113. The third kappa shape index (κ3) is 3.62. The zero-order valence-electron chi connectivity index (χ0n) is 14.1. The number of aromatic amines is 1. The molecule has 4 rings (SSSR count). The van der Waals surface area contributed by atoms with Gasteiger partial charge in [-0.2, -0.15) is 0 Å². The third-order valence-corrected chi connectivity index (χ3v) is 4.72. The van der Waals surface area contributed by atoms with Gasteiger partial charge in [0, 0.05) is 16.6 Å². The third-order valence-electron chi connectivity index (χ3n) is 3.88. The van der Waals surface area contributed by atoms with E-state index in [1.54, 1.807) is 18.2 Å². The van der Waals surface area contributed by atoms with Gasteiger partial charge >= 0.3 is 5.97 Å². The minimum atomic E-state index is -1.07. The molecule has 0 spiro atoms.